The Morgan fingerprint density at radius 3 is 2.65 bits per heavy atom. The van der Waals surface area contributed by atoms with E-state index in [2.05, 4.69) is 35.3 Å². The minimum atomic E-state index is -1.11. The van der Waals surface area contributed by atoms with Crippen LogP contribution in [0.2, 0.25) is 0 Å². The summed E-state index contributed by atoms with van der Waals surface area (Å²) < 4.78 is 6.15. The van der Waals surface area contributed by atoms with Crippen LogP contribution >= 0.6 is 0 Å². The Kier molecular flexibility index (Phi) is 3.99. The van der Waals surface area contributed by atoms with Crippen LogP contribution in [0.15, 0.2) is 72.8 Å². The molecule has 0 aromatic heterocycles. The van der Waals surface area contributed by atoms with E-state index in [-0.39, 0.29) is 23.8 Å². The second kappa shape index (κ2) is 6.80. The first-order valence-corrected chi connectivity index (χ1v) is 12.1. The maximum Gasteiger partial charge on any atom is 0.321 e. The third-order valence-electron chi connectivity index (χ3n) is 8.60. The summed E-state index contributed by atoms with van der Waals surface area (Å²) in [5, 5.41) is 3.15. The summed E-state index contributed by atoms with van der Waals surface area (Å²) in [7, 11) is 0. The van der Waals surface area contributed by atoms with Crippen LogP contribution in [0, 0.1) is 12.3 Å². The number of amides is 1. The molecule has 5 nitrogen and oxygen atoms in total. The molecule has 3 aromatic carbocycles. The van der Waals surface area contributed by atoms with Crippen molar-refractivity contribution in [1.29, 1.82) is 0 Å². The summed E-state index contributed by atoms with van der Waals surface area (Å²) in [4.78, 5) is 30.9. The SMILES string of the molecule is Cc1ccc2c(c1)C[C@]1(C(=O)O2)[C@H](c2ccccc2)[C@H]2CCCN2[C@]12C(=O)Nc1ccccc12. The van der Waals surface area contributed by atoms with E-state index in [0.29, 0.717) is 12.2 Å². The minimum Gasteiger partial charge on any atom is -0.426 e. The van der Waals surface area contributed by atoms with E-state index < -0.39 is 11.0 Å². The quantitative estimate of drug-likeness (QED) is 0.437. The molecule has 0 aliphatic carbocycles. The number of para-hydroxylation sites is 1. The normalized spacial score (nSPS) is 31.3. The molecule has 7 rings (SSSR count). The number of esters is 1. The van der Waals surface area contributed by atoms with E-state index in [4.69, 9.17) is 4.74 Å². The van der Waals surface area contributed by atoms with Gasteiger partial charge in [-0.25, -0.2) is 0 Å². The highest BCUT2D eigenvalue weighted by Crippen LogP contribution is 2.69. The fraction of sp³-hybridized carbons (Fsp3) is 0.310. The number of ether oxygens (including phenoxy) is 1. The smallest absolute Gasteiger partial charge is 0.321 e. The van der Waals surface area contributed by atoms with E-state index >= 15 is 0 Å². The van der Waals surface area contributed by atoms with Gasteiger partial charge in [0, 0.05) is 23.2 Å². The van der Waals surface area contributed by atoms with Gasteiger partial charge >= 0.3 is 5.97 Å². The van der Waals surface area contributed by atoms with Gasteiger partial charge in [0.2, 0.25) is 0 Å². The van der Waals surface area contributed by atoms with Gasteiger partial charge in [0.25, 0.3) is 5.91 Å². The van der Waals surface area contributed by atoms with Gasteiger partial charge in [-0.3, -0.25) is 14.5 Å². The molecule has 0 unspecified atom stereocenters. The highest BCUT2D eigenvalue weighted by atomic mass is 16.5. The molecule has 4 heterocycles. The number of benzene rings is 3. The molecule has 5 heteroatoms. The predicted molar refractivity (Wildman–Crippen MR) is 129 cm³/mol. The van der Waals surface area contributed by atoms with Crippen LogP contribution in [-0.2, 0) is 21.5 Å². The Hall–Kier alpha value is -3.44. The highest BCUT2D eigenvalue weighted by molar-refractivity contribution is 6.11. The third kappa shape index (κ3) is 2.23. The van der Waals surface area contributed by atoms with Crippen LogP contribution in [0.5, 0.6) is 5.75 Å². The lowest BCUT2D eigenvalue weighted by atomic mass is 9.56. The number of aryl methyl sites for hydroxylation is 1. The Morgan fingerprint density at radius 1 is 1.00 bits per heavy atom. The molecule has 4 aliphatic rings. The Balaban J connectivity index is 1.58. The molecule has 0 saturated carbocycles. The highest BCUT2D eigenvalue weighted by Gasteiger charge is 2.79. The Morgan fingerprint density at radius 2 is 1.79 bits per heavy atom. The first-order valence-electron chi connectivity index (χ1n) is 12.1. The molecule has 34 heavy (non-hydrogen) atoms. The second-order valence-corrected chi connectivity index (χ2v) is 10.2. The molecule has 0 radical (unpaired) electrons. The maximum atomic E-state index is 14.4. The van der Waals surface area contributed by atoms with Gasteiger partial charge in [0.05, 0.1) is 0 Å². The fourth-order valence-corrected chi connectivity index (χ4v) is 7.52. The average Bonchev–Trinajstić information content (AvgIpc) is 3.48. The number of carbonyl (C=O) groups excluding carboxylic acids is 2. The Bertz CT molecular complexity index is 1350. The van der Waals surface area contributed by atoms with E-state index in [0.717, 1.165) is 47.3 Å². The van der Waals surface area contributed by atoms with E-state index in [1.165, 1.54) is 0 Å². The van der Waals surface area contributed by atoms with Gasteiger partial charge in [-0.05, 0) is 56.0 Å². The number of anilines is 1. The van der Waals surface area contributed by atoms with Crippen molar-refractivity contribution in [1.82, 2.24) is 4.90 Å². The number of fused-ring (bicyclic) bond motifs is 6. The van der Waals surface area contributed by atoms with Gasteiger partial charge < -0.3 is 10.1 Å². The number of nitrogens with zero attached hydrogens (tertiary/aromatic N) is 1. The summed E-state index contributed by atoms with van der Waals surface area (Å²) in [5.41, 5.74) is 2.74. The molecule has 4 aliphatic heterocycles. The van der Waals surface area contributed by atoms with Crippen molar-refractivity contribution in [2.24, 2.45) is 5.41 Å². The van der Waals surface area contributed by atoms with Crippen molar-refractivity contribution in [3.05, 3.63) is 95.1 Å². The van der Waals surface area contributed by atoms with Gasteiger partial charge in [0.1, 0.15) is 16.7 Å². The van der Waals surface area contributed by atoms with Crippen LogP contribution in [0.1, 0.15) is 41.0 Å². The zero-order valence-corrected chi connectivity index (χ0v) is 19.1. The molecule has 1 N–H and O–H groups in total. The lowest BCUT2D eigenvalue weighted by Crippen LogP contribution is -2.62. The van der Waals surface area contributed by atoms with E-state index in [9.17, 15) is 9.59 Å². The van der Waals surface area contributed by atoms with Crippen LogP contribution in [0.4, 0.5) is 5.69 Å². The van der Waals surface area contributed by atoms with Gasteiger partial charge in [-0.2, -0.15) is 0 Å². The molecule has 2 saturated heterocycles. The summed E-state index contributed by atoms with van der Waals surface area (Å²) in [5.74, 6) is 0.0576. The molecule has 3 aromatic rings. The van der Waals surface area contributed by atoms with Crippen molar-refractivity contribution in [2.75, 3.05) is 11.9 Å². The summed E-state index contributed by atoms with van der Waals surface area (Å²) in [6, 6.07) is 24.2. The predicted octanol–water partition coefficient (Wildman–Crippen LogP) is 4.55. The van der Waals surface area contributed by atoms with Gasteiger partial charge in [-0.15, -0.1) is 0 Å². The number of carbonyl (C=O) groups is 2. The fourth-order valence-electron chi connectivity index (χ4n) is 7.52. The van der Waals surface area contributed by atoms with Crippen molar-refractivity contribution in [3.63, 3.8) is 0 Å². The van der Waals surface area contributed by atoms with Crippen molar-refractivity contribution in [3.8, 4) is 5.75 Å². The summed E-state index contributed by atoms with van der Waals surface area (Å²) in [6.07, 6.45) is 2.43. The van der Waals surface area contributed by atoms with Crippen LogP contribution < -0.4 is 10.1 Å². The minimum absolute atomic E-state index is 0.0817. The molecule has 1 amide bonds. The summed E-state index contributed by atoms with van der Waals surface area (Å²) >= 11 is 0. The number of nitrogens with one attached hydrogen (secondary N) is 1. The second-order valence-electron chi connectivity index (χ2n) is 10.2. The lowest BCUT2D eigenvalue weighted by molar-refractivity contribution is -0.160. The van der Waals surface area contributed by atoms with Crippen molar-refractivity contribution < 1.29 is 14.3 Å². The third-order valence-corrected chi connectivity index (χ3v) is 8.60. The summed E-state index contributed by atoms with van der Waals surface area (Å²) in [6.45, 7) is 2.84. The molecular weight excluding hydrogens is 424 g/mol. The van der Waals surface area contributed by atoms with E-state index in [1.807, 2.05) is 54.6 Å². The maximum absolute atomic E-state index is 14.4. The zero-order valence-electron chi connectivity index (χ0n) is 19.1. The molecule has 0 bridgehead atoms. The first kappa shape index (κ1) is 20.0. The van der Waals surface area contributed by atoms with E-state index in [1.54, 1.807) is 0 Å². The van der Waals surface area contributed by atoms with Crippen molar-refractivity contribution >= 4 is 17.6 Å². The average molecular weight is 451 g/mol. The molecule has 170 valence electrons. The van der Waals surface area contributed by atoms with Crippen LogP contribution in [0.25, 0.3) is 0 Å². The largest absolute Gasteiger partial charge is 0.426 e. The van der Waals surface area contributed by atoms with Gasteiger partial charge in [0.15, 0.2) is 0 Å². The van der Waals surface area contributed by atoms with Crippen LogP contribution in [-0.4, -0.2) is 29.4 Å². The molecule has 2 fully saturated rings. The first-order chi connectivity index (χ1) is 16.6. The van der Waals surface area contributed by atoms with Crippen molar-refractivity contribution in [2.45, 2.75) is 43.7 Å². The Labute approximate surface area is 198 Å². The topological polar surface area (TPSA) is 58.6 Å². The number of hydrogen-bond donors (Lipinski definition) is 1. The number of hydrogen-bond acceptors (Lipinski definition) is 4. The standard InChI is InChI=1S/C29H26N2O3/c1-18-13-14-24-20(16-18)17-28(27(33)34-24)25(19-8-3-2-4-9-19)23-12-7-15-31(23)29(28)21-10-5-6-11-22(21)30-26(29)32/h2-6,8-11,13-14,16,23,25H,7,12,15,17H2,1H3,(H,30,32)/t23-,25-,28-,29-/m1/s1. The van der Waals surface area contributed by atoms with Crippen LogP contribution in [0.3, 0.4) is 0 Å². The molecule has 4 atom stereocenters. The molecule has 2 spiro atoms. The monoisotopic (exact) mass is 450 g/mol. The number of rotatable bonds is 1. The van der Waals surface area contributed by atoms with Gasteiger partial charge in [-0.1, -0.05) is 66.2 Å². The molecular formula is C29H26N2O3. The zero-order chi connectivity index (χ0) is 23.1. The lowest BCUT2D eigenvalue weighted by Gasteiger charge is -2.47.